The van der Waals surface area contributed by atoms with E-state index in [-0.39, 0.29) is 18.9 Å². The van der Waals surface area contributed by atoms with Gasteiger partial charge in [-0.15, -0.1) is 0 Å². The fraction of sp³-hybridized carbons (Fsp3) is 0.333. The minimum atomic E-state index is -0.904. The molecule has 19 heavy (non-hydrogen) atoms. The van der Waals surface area contributed by atoms with Crippen molar-refractivity contribution in [2.24, 2.45) is 5.73 Å². The number of amides is 2. The molecular formula is C12H16N2O5. The molecule has 0 aliphatic heterocycles. The summed E-state index contributed by atoms with van der Waals surface area (Å²) in [5.41, 5.74) is 5.33. The van der Waals surface area contributed by atoms with Gasteiger partial charge >= 0.3 is 6.09 Å². The average Bonchev–Trinajstić information content (AvgIpc) is 2.38. The molecule has 7 heteroatoms. The Balaban J connectivity index is 2.57. The number of nitrogens with two attached hydrogens (primary N) is 1. The highest BCUT2D eigenvalue weighted by Gasteiger charge is 2.07. The van der Waals surface area contributed by atoms with E-state index < -0.39 is 6.09 Å². The third kappa shape index (κ3) is 4.74. The molecular weight excluding hydrogens is 252 g/mol. The summed E-state index contributed by atoms with van der Waals surface area (Å²) in [5, 5.41) is 2.64. The van der Waals surface area contributed by atoms with Crippen molar-refractivity contribution in [1.82, 2.24) is 0 Å². The van der Waals surface area contributed by atoms with Crippen LogP contribution in [0.5, 0.6) is 11.5 Å². The lowest BCUT2D eigenvalue weighted by atomic mass is 10.2. The van der Waals surface area contributed by atoms with Crippen LogP contribution in [0.15, 0.2) is 18.2 Å². The molecule has 104 valence electrons. The van der Waals surface area contributed by atoms with Crippen LogP contribution in [0.1, 0.15) is 6.42 Å². The highest BCUT2D eigenvalue weighted by Crippen LogP contribution is 2.29. The predicted molar refractivity (Wildman–Crippen MR) is 68.3 cm³/mol. The van der Waals surface area contributed by atoms with Crippen LogP contribution in [0.25, 0.3) is 0 Å². The number of nitrogens with one attached hydrogen (secondary N) is 1. The fourth-order valence-corrected chi connectivity index (χ4v) is 1.38. The van der Waals surface area contributed by atoms with E-state index in [2.05, 4.69) is 10.1 Å². The van der Waals surface area contributed by atoms with E-state index in [1.165, 1.54) is 14.2 Å². The average molecular weight is 268 g/mol. The first-order chi connectivity index (χ1) is 9.06. The fourth-order valence-electron chi connectivity index (χ4n) is 1.38. The number of benzene rings is 1. The van der Waals surface area contributed by atoms with Crippen LogP contribution in [0.3, 0.4) is 0 Å². The summed E-state index contributed by atoms with van der Waals surface area (Å²) in [5.74, 6) is 0.778. The Labute approximate surface area is 110 Å². The molecule has 3 N–H and O–H groups in total. The van der Waals surface area contributed by atoms with Crippen molar-refractivity contribution in [3.63, 3.8) is 0 Å². The predicted octanol–water partition coefficient (Wildman–Crippen LogP) is 1.13. The van der Waals surface area contributed by atoms with Gasteiger partial charge in [0.15, 0.2) is 11.5 Å². The molecule has 1 aromatic rings. The zero-order chi connectivity index (χ0) is 14.3. The number of hydrogen-bond acceptors (Lipinski definition) is 5. The van der Waals surface area contributed by atoms with Gasteiger partial charge in [-0.3, -0.25) is 4.79 Å². The molecule has 0 radical (unpaired) electrons. The van der Waals surface area contributed by atoms with E-state index >= 15 is 0 Å². The minimum Gasteiger partial charge on any atom is -0.493 e. The smallest absolute Gasteiger partial charge is 0.404 e. The van der Waals surface area contributed by atoms with E-state index in [1.54, 1.807) is 18.2 Å². The van der Waals surface area contributed by atoms with E-state index in [0.717, 1.165) is 0 Å². The summed E-state index contributed by atoms with van der Waals surface area (Å²) in [6, 6.07) is 4.98. The van der Waals surface area contributed by atoms with Crippen LogP contribution in [-0.4, -0.2) is 32.8 Å². The second-order valence-corrected chi connectivity index (χ2v) is 3.54. The van der Waals surface area contributed by atoms with Gasteiger partial charge < -0.3 is 25.3 Å². The lowest BCUT2D eigenvalue weighted by molar-refractivity contribution is -0.116. The Morgan fingerprint density at radius 1 is 1.21 bits per heavy atom. The zero-order valence-corrected chi connectivity index (χ0v) is 10.8. The molecule has 0 aliphatic rings. The first-order valence-electron chi connectivity index (χ1n) is 5.51. The van der Waals surface area contributed by atoms with Gasteiger partial charge in [0.2, 0.25) is 5.91 Å². The molecule has 0 fully saturated rings. The maximum absolute atomic E-state index is 11.5. The van der Waals surface area contributed by atoms with Crippen molar-refractivity contribution in [2.45, 2.75) is 6.42 Å². The number of ether oxygens (including phenoxy) is 3. The Morgan fingerprint density at radius 3 is 2.47 bits per heavy atom. The summed E-state index contributed by atoms with van der Waals surface area (Å²) >= 11 is 0. The van der Waals surface area contributed by atoms with Gasteiger partial charge in [0.25, 0.3) is 0 Å². The standard InChI is InChI=1S/C12H16N2O5/c1-17-9-4-3-8(7-10(9)18-2)14-11(15)5-6-19-12(13)16/h3-4,7H,5-6H2,1-2H3,(H2,13,16)(H,14,15). The monoisotopic (exact) mass is 268 g/mol. The number of hydrogen-bond donors (Lipinski definition) is 2. The summed E-state index contributed by atoms with van der Waals surface area (Å²) in [4.78, 5) is 21.9. The number of rotatable bonds is 6. The summed E-state index contributed by atoms with van der Waals surface area (Å²) in [6.07, 6.45) is -0.879. The van der Waals surface area contributed by atoms with Crippen molar-refractivity contribution in [2.75, 3.05) is 26.1 Å². The third-order valence-corrected chi connectivity index (χ3v) is 2.24. The van der Waals surface area contributed by atoms with E-state index in [1.807, 2.05) is 0 Å². The van der Waals surface area contributed by atoms with Gasteiger partial charge in [-0.05, 0) is 12.1 Å². The lowest BCUT2D eigenvalue weighted by Gasteiger charge is -2.10. The van der Waals surface area contributed by atoms with Gasteiger partial charge in [0.05, 0.1) is 20.6 Å². The molecule has 0 heterocycles. The molecule has 0 atom stereocenters. The Morgan fingerprint density at radius 2 is 1.89 bits per heavy atom. The number of anilines is 1. The van der Waals surface area contributed by atoms with Crippen LogP contribution >= 0.6 is 0 Å². The quantitative estimate of drug-likeness (QED) is 0.805. The van der Waals surface area contributed by atoms with E-state index in [4.69, 9.17) is 15.2 Å². The normalized spacial score (nSPS) is 9.58. The molecule has 7 nitrogen and oxygen atoms in total. The van der Waals surface area contributed by atoms with Gasteiger partial charge in [-0.2, -0.15) is 0 Å². The first kappa shape index (κ1) is 14.6. The van der Waals surface area contributed by atoms with Crippen LogP contribution in [0.4, 0.5) is 10.5 Å². The second kappa shape index (κ2) is 7.10. The largest absolute Gasteiger partial charge is 0.493 e. The van der Waals surface area contributed by atoms with Crippen molar-refractivity contribution in [3.8, 4) is 11.5 Å². The number of methoxy groups -OCH3 is 2. The molecule has 1 aromatic carbocycles. The second-order valence-electron chi connectivity index (χ2n) is 3.54. The SMILES string of the molecule is COc1ccc(NC(=O)CCOC(N)=O)cc1OC. The van der Waals surface area contributed by atoms with Gasteiger partial charge in [0, 0.05) is 11.8 Å². The van der Waals surface area contributed by atoms with Gasteiger partial charge in [-0.1, -0.05) is 0 Å². The summed E-state index contributed by atoms with van der Waals surface area (Å²) in [7, 11) is 3.03. The van der Waals surface area contributed by atoms with Crippen LogP contribution in [0, 0.1) is 0 Å². The molecule has 0 spiro atoms. The Hall–Kier alpha value is -2.44. The number of primary amides is 1. The van der Waals surface area contributed by atoms with Crippen molar-refractivity contribution in [1.29, 1.82) is 0 Å². The van der Waals surface area contributed by atoms with Crippen molar-refractivity contribution in [3.05, 3.63) is 18.2 Å². The van der Waals surface area contributed by atoms with Gasteiger partial charge in [0.1, 0.15) is 6.61 Å². The molecule has 0 aromatic heterocycles. The maximum Gasteiger partial charge on any atom is 0.404 e. The molecule has 0 bridgehead atoms. The van der Waals surface area contributed by atoms with Crippen molar-refractivity contribution >= 4 is 17.7 Å². The molecule has 0 saturated carbocycles. The lowest BCUT2D eigenvalue weighted by Crippen LogP contribution is -2.18. The highest BCUT2D eigenvalue weighted by molar-refractivity contribution is 5.91. The van der Waals surface area contributed by atoms with E-state index in [9.17, 15) is 9.59 Å². The highest BCUT2D eigenvalue weighted by atomic mass is 16.5. The first-order valence-corrected chi connectivity index (χ1v) is 5.51. The van der Waals surface area contributed by atoms with Crippen molar-refractivity contribution < 1.29 is 23.8 Å². The van der Waals surface area contributed by atoms with Gasteiger partial charge in [-0.25, -0.2) is 4.79 Å². The molecule has 0 saturated heterocycles. The summed E-state index contributed by atoms with van der Waals surface area (Å²) < 4.78 is 14.7. The topological polar surface area (TPSA) is 99.9 Å². The summed E-state index contributed by atoms with van der Waals surface area (Å²) in [6.45, 7) is -0.0611. The molecule has 2 amide bonds. The van der Waals surface area contributed by atoms with Crippen LogP contribution in [0.2, 0.25) is 0 Å². The van der Waals surface area contributed by atoms with Crippen LogP contribution in [-0.2, 0) is 9.53 Å². The van der Waals surface area contributed by atoms with Crippen LogP contribution < -0.4 is 20.5 Å². The molecule has 0 unspecified atom stereocenters. The molecule has 0 aliphatic carbocycles. The maximum atomic E-state index is 11.5. The Bertz CT molecular complexity index is 461. The minimum absolute atomic E-state index is 0.0251. The Kier molecular flexibility index (Phi) is 5.46. The molecule has 1 rings (SSSR count). The van der Waals surface area contributed by atoms with E-state index in [0.29, 0.717) is 17.2 Å². The number of carbonyl (C=O) groups excluding carboxylic acids is 2. The number of carbonyl (C=O) groups is 2. The third-order valence-electron chi connectivity index (χ3n) is 2.24. The zero-order valence-electron chi connectivity index (χ0n) is 10.8.